The first-order valence-electron chi connectivity index (χ1n) is 7.59. The molecular formula is C15H21ClN2O4S. The molecule has 1 aromatic carbocycles. The van der Waals surface area contributed by atoms with E-state index >= 15 is 0 Å². The molecule has 128 valence electrons. The van der Waals surface area contributed by atoms with E-state index in [0.29, 0.717) is 11.4 Å². The Labute approximate surface area is 141 Å². The zero-order valence-corrected chi connectivity index (χ0v) is 14.2. The zero-order valence-electron chi connectivity index (χ0n) is 12.7. The molecule has 23 heavy (non-hydrogen) atoms. The Morgan fingerprint density at radius 2 is 1.91 bits per heavy atom. The third-order valence-corrected chi connectivity index (χ3v) is 5.59. The van der Waals surface area contributed by atoms with Crippen molar-refractivity contribution >= 4 is 27.5 Å². The molecule has 0 bridgehead atoms. The minimum absolute atomic E-state index is 0.103. The van der Waals surface area contributed by atoms with Crippen LogP contribution in [0.4, 0.5) is 0 Å². The summed E-state index contributed by atoms with van der Waals surface area (Å²) in [7, 11) is -3.61. The summed E-state index contributed by atoms with van der Waals surface area (Å²) in [6.07, 6.45) is 2.40. The van der Waals surface area contributed by atoms with Crippen LogP contribution in [0.1, 0.15) is 25.7 Å². The van der Waals surface area contributed by atoms with E-state index in [-0.39, 0.29) is 29.8 Å². The Balaban J connectivity index is 1.76. The number of halogens is 1. The highest BCUT2D eigenvalue weighted by atomic mass is 35.5. The van der Waals surface area contributed by atoms with Crippen LogP contribution >= 0.6 is 11.6 Å². The van der Waals surface area contributed by atoms with Crippen LogP contribution in [0.2, 0.25) is 5.02 Å². The quantitative estimate of drug-likeness (QED) is 0.666. The molecule has 2 rings (SSSR count). The van der Waals surface area contributed by atoms with E-state index in [1.807, 2.05) is 0 Å². The first kappa shape index (κ1) is 18.2. The van der Waals surface area contributed by atoms with Crippen molar-refractivity contribution in [2.45, 2.75) is 36.7 Å². The summed E-state index contributed by atoms with van der Waals surface area (Å²) in [5, 5.41) is 12.7. The van der Waals surface area contributed by atoms with Crippen LogP contribution in [0.5, 0.6) is 0 Å². The molecule has 0 aliphatic heterocycles. The molecule has 0 saturated heterocycles. The van der Waals surface area contributed by atoms with Crippen LogP contribution in [-0.4, -0.2) is 38.6 Å². The third kappa shape index (κ3) is 5.46. The minimum Gasteiger partial charge on any atom is -0.393 e. The van der Waals surface area contributed by atoms with Crippen molar-refractivity contribution in [3.63, 3.8) is 0 Å². The molecule has 0 radical (unpaired) electrons. The number of aliphatic hydroxyl groups excluding tert-OH is 1. The van der Waals surface area contributed by atoms with Gasteiger partial charge in [-0.05, 0) is 43.5 Å². The number of hydrogen-bond acceptors (Lipinski definition) is 4. The van der Waals surface area contributed by atoms with Gasteiger partial charge in [-0.1, -0.05) is 18.0 Å². The maximum Gasteiger partial charge on any atom is 0.240 e. The SMILES string of the molecule is O=C(NCCNS(=O)(=O)c1ccc(Cl)cc1)[C@H]1CCC[C@H](O)C1. The first-order valence-corrected chi connectivity index (χ1v) is 9.45. The molecule has 1 amide bonds. The van der Waals surface area contributed by atoms with Crippen molar-refractivity contribution in [1.82, 2.24) is 10.0 Å². The molecule has 0 aromatic heterocycles. The number of carbonyl (C=O) groups is 1. The van der Waals surface area contributed by atoms with Gasteiger partial charge in [0, 0.05) is 24.0 Å². The Hall–Kier alpha value is -1.15. The highest BCUT2D eigenvalue weighted by Crippen LogP contribution is 2.24. The lowest BCUT2D eigenvalue weighted by Gasteiger charge is -2.24. The van der Waals surface area contributed by atoms with Gasteiger partial charge in [0.25, 0.3) is 0 Å². The van der Waals surface area contributed by atoms with Gasteiger partial charge in [0.1, 0.15) is 0 Å². The second-order valence-corrected chi connectivity index (χ2v) is 7.86. The standard InChI is InChI=1S/C15H21ClN2O4S/c16-12-4-6-14(7-5-12)23(21,22)18-9-8-17-15(20)11-2-1-3-13(19)10-11/h4-7,11,13,18-19H,1-3,8-10H2,(H,17,20)/t11-,13-/m0/s1. The lowest BCUT2D eigenvalue weighted by Crippen LogP contribution is -2.39. The van der Waals surface area contributed by atoms with E-state index in [1.165, 1.54) is 24.3 Å². The maximum absolute atomic E-state index is 12.0. The molecule has 1 aliphatic carbocycles. The van der Waals surface area contributed by atoms with Crippen molar-refractivity contribution in [2.75, 3.05) is 13.1 Å². The Kier molecular flexibility index (Phi) is 6.41. The smallest absolute Gasteiger partial charge is 0.240 e. The fourth-order valence-electron chi connectivity index (χ4n) is 2.61. The number of nitrogens with one attached hydrogen (secondary N) is 2. The molecule has 3 N–H and O–H groups in total. The summed E-state index contributed by atoms with van der Waals surface area (Å²) in [5.41, 5.74) is 0. The normalized spacial score (nSPS) is 21.8. The lowest BCUT2D eigenvalue weighted by atomic mass is 9.87. The van der Waals surface area contributed by atoms with E-state index < -0.39 is 16.1 Å². The molecule has 1 saturated carbocycles. The van der Waals surface area contributed by atoms with Crippen molar-refractivity contribution in [3.05, 3.63) is 29.3 Å². The number of carbonyl (C=O) groups excluding carboxylic acids is 1. The van der Waals surface area contributed by atoms with Crippen LogP contribution in [0.3, 0.4) is 0 Å². The molecule has 0 spiro atoms. The van der Waals surface area contributed by atoms with Crippen molar-refractivity contribution in [2.24, 2.45) is 5.92 Å². The Bertz CT molecular complexity index is 633. The van der Waals surface area contributed by atoms with Crippen LogP contribution in [-0.2, 0) is 14.8 Å². The van der Waals surface area contributed by atoms with Crippen LogP contribution < -0.4 is 10.0 Å². The third-order valence-electron chi connectivity index (χ3n) is 3.86. The van der Waals surface area contributed by atoms with Gasteiger partial charge in [0.05, 0.1) is 11.0 Å². The number of benzene rings is 1. The molecule has 0 heterocycles. The van der Waals surface area contributed by atoms with Gasteiger partial charge in [-0.25, -0.2) is 13.1 Å². The van der Waals surface area contributed by atoms with Gasteiger partial charge < -0.3 is 10.4 Å². The van der Waals surface area contributed by atoms with E-state index in [0.717, 1.165) is 19.3 Å². The Morgan fingerprint density at radius 1 is 1.22 bits per heavy atom. The second-order valence-electron chi connectivity index (χ2n) is 5.66. The lowest BCUT2D eigenvalue weighted by molar-refractivity contribution is -0.127. The van der Waals surface area contributed by atoms with Crippen LogP contribution in [0, 0.1) is 5.92 Å². The molecular weight excluding hydrogens is 340 g/mol. The summed E-state index contributed by atoms with van der Waals surface area (Å²) >= 11 is 5.73. The van der Waals surface area contributed by atoms with Gasteiger partial charge in [0.15, 0.2) is 0 Å². The van der Waals surface area contributed by atoms with Gasteiger partial charge >= 0.3 is 0 Å². The van der Waals surface area contributed by atoms with Crippen molar-refractivity contribution in [3.8, 4) is 0 Å². The van der Waals surface area contributed by atoms with E-state index in [4.69, 9.17) is 11.6 Å². The van der Waals surface area contributed by atoms with Gasteiger partial charge in [-0.2, -0.15) is 0 Å². The zero-order chi connectivity index (χ0) is 16.9. The molecule has 0 unspecified atom stereocenters. The summed E-state index contributed by atoms with van der Waals surface area (Å²) in [6.45, 7) is 0.310. The van der Waals surface area contributed by atoms with E-state index in [9.17, 15) is 18.3 Å². The van der Waals surface area contributed by atoms with Gasteiger partial charge in [0.2, 0.25) is 15.9 Å². The molecule has 2 atom stereocenters. The Morgan fingerprint density at radius 3 is 2.57 bits per heavy atom. The van der Waals surface area contributed by atoms with Gasteiger partial charge in [-0.15, -0.1) is 0 Å². The topological polar surface area (TPSA) is 95.5 Å². The summed E-state index contributed by atoms with van der Waals surface area (Å²) < 4.78 is 26.5. The van der Waals surface area contributed by atoms with Crippen LogP contribution in [0.25, 0.3) is 0 Å². The first-order chi connectivity index (χ1) is 10.9. The van der Waals surface area contributed by atoms with E-state index in [1.54, 1.807) is 0 Å². The largest absolute Gasteiger partial charge is 0.393 e. The fraction of sp³-hybridized carbons (Fsp3) is 0.533. The summed E-state index contributed by atoms with van der Waals surface area (Å²) in [5.74, 6) is -0.318. The monoisotopic (exact) mass is 360 g/mol. The second kappa shape index (κ2) is 8.10. The number of amides is 1. The summed E-state index contributed by atoms with van der Waals surface area (Å²) in [4.78, 5) is 12.1. The van der Waals surface area contributed by atoms with Crippen molar-refractivity contribution < 1.29 is 18.3 Å². The van der Waals surface area contributed by atoms with Crippen molar-refractivity contribution in [1.29, 1.82) is 0 Å². The van der Waals surface area contributed by atoms with Gasteiger partial charge in [-0.3, -0.25) is 4.79 Å². The molecule has 1 aromatic rings. The number of hydrogen-bond donors (Lipinski definition) is 3. The highest BCUT2D eigenvalue weighted by molar-refractivity contribution is 7.89. The number of sulfonamides is 1. The number of rotatable bonds is 6. The average Bonchev–Trinajstić information content (AvgIpc) is 2.52. The molecule has 8 heteroatoms. The minimum atomic E-state index is -3.61. The van der Waals surface area contributed by atoms with E-state index in [2.05, 4.69) is 10.0 Å². The fourth-order valence-corrected chi connectivity index (χ4v) is 3.77. The average molecular weight is 361 g/mol. The summed E-state index contributed by atoms with van der Waals surface area (Å²) in [6, 6.07) is 5.86. The predicted molar refractivity (Wildman–Crippen MR) is 87.6 cm³/mol. The molecule has 1 aliphatic rings. The molecule has 6 nitrogen and oxygen atoms in total. The maximum atomic E-state index is 12.0. The number of aliphatic hydroxyl groups is 1. The predicted octanol–water partition coefficient (Wildman–Crippen LogP) is 1.29. The highest BCUT2D eigenvalue weighted by Gasteiger charge is 2.25. The molecule has 1 fully saturated rings. The van der Waals surface area contributed by atoms with Crippen LogP contribution in [0.15, 0.2) is 29.2 Å².